The number of hydrogen-bond donors (Lipinski definition) is 1. The number of aromatic nitrogens is 1. The molecule has 0 unspecified atom stereocenters. The van der Waals surface area contributed by atoms with Gasteiger partial charge >= 0.3 is 0 Å². The van der Waals surface area contributed by atoms with Crippen LogP contribution in [0.3, 0.4) is 0 Å². The van der Waals surface area contributed by atoms with Crippen LogP contribution in [0.25, 0.3) is 0 Å². The van der Waals surface area contributed by atoms with Gasteiger partial charge in [0.2, 0.25) is 0 Å². The Hall–Kier alpha value is -1.09. The lowest BCUT2D eigenvalue weighted by molar-refractivity contribution is 0.362. The second-order valence-corrected chi connectivity index (χ2v) is 6.91. The van der Waals surface area contributed by atoms with Gasteiger partial charge in [-0.05, 0) is 42.9 Å². The SMILES string of the molecule is CC(C)CNCc1ccncc1N(C)CC1CCCCC1. The van der Waals surface area contributed by atoms with Gasteiger partial charge in [-0.3, -0.25) is 4.98 Å². The summed E-state index contributed by atoms with van der Waals surface area (Å²) in [5, 5.41) is 3.55. The highest BCUT2D eigenvalue weighted by Gasteiger charge is 2.17. The first kappa shape index (κ1) is 16.3. The third kappa shape index (κ3) is 5.31. The summed E-state index contributed by atoms with van der Waals surface area (Å²) >= 11 is 0. The maximum atomic E-state index is 4.33. The molecule has 21 heavy (non-hydrogen) atoms. The molecule has 0 aliphatic heterocycles. The van der Waals surface area contributed by atoms with E-state index < -0.39 is 0 Å². The van der Waals surface area contributed by atoms with Crippen molar-refractivity contribution in [2.75, 3.05) is 25.0 Å². The Balaban J connectivity index is 1.93. The summed E-state index contributed by atoms with van der Waals surface area (Å²) < 4.78 is 0. The predicted molar refractivity (Wildman–Crippen MR) is 90.6 cm³/mol. The largest absolute Gasteiger partial charge is 0.373 e. The Bertz CT molecular complexity index is 411. The van der Waals surface area contributed by atoms with E-state index in [1.807, 2.05) is 12.4 Å². The first-order valence-corrected chi connectivity index (χ1v) is 8.51. The van der Waals surface area contributed by atoms with Crippen LogP contribution in [0.15, 0.2) is 18.5 Å². The average molecular weight is 289 g/mol. The minimum absolute atomic E-state index is 0.690. The lowest BCUT2D eigenvalue weighted by atomic mass is 9.89. The zero-order valence-corrected chi connectivity index (χ0v) is 13.9. The van der Waals surface area contributed by atoms with Crippen molar-refractivity contribution in [3.8, 4) is 0 Å². The van der Waals surface area contributed by atoms with Gasteiger partial charge in [-0.1, -0.05) is 33.1 Å². The summed E-state index contributed by atoms with van der Waals surface area (Å²) in [5.74, 6) is 1.55. The van der Waals surface area contributed by atoms with Crippen molar-refractivity contribution in [3.63, 3.8) is 0 Å². The molecule has 0 aromatic carbocycles. The summed E-state index contributed by atoms with van der Waals surface area (Å²) in [7, 11) is 2.22. The Kier molecular flexibility index (Phi) is 6.50. The van der Waals surface area contributed by atoms with Gasteiger partial charge in [0.05, 0.1) is 11.9 Å². The molecule has 0 radical (unpaired) electrons. The van der Waals surface area contributed by atoms with E-state index >= 15 is 0 Å². The standard InChI is InChI=1S/C18H31N3/c1-15(2)11-20-12-17-9-10-19-13-18(17)21(3)14-16-7-5-4-6-8-16/h9-10,13,15-16,20H,4-8,11-12,14H2,1-3H3. The second kappa shape index (κ2) is 8.38. The van der Waals surface area contributed by atoms with E-state index in [9.17, 15) is 0 Å². The molecule has 3 heteroatoms. The number of anilines is 1. The normalized spacial score (nSPS) is 16.4. The molecule has 3 nitrogen and oxygen atoms in total. The first-order chi connectivity index (χ1) is 10.2. The number of pyridine rings is 1. The van der Waals surface area contributed by atoms with Crippen molar-refractivity contribution in [2.24, 2.45) is 11.8 Å². The van der Waals surface area contributed by atoms with Gasteiger partial charge in [0.15, 0.2) is 0 Å². The van der Waals surface area contributed by atoms with Crippen LogP contribution in [0.4, 0.5) is 5.69 Å². The van der Waals surface area contributed by atoms with E-state index in [1.165, 1.54) is 49.9 Å². The van der Waals surface area contributed by atoms with Gasteiger partial charge in [0.25, 0.3) is 0 Å². The maximum Gasteiger partial charge on any atom is 0.0595 e. The smallest absolute Gasteiger partial charge is 0.0595 e. The highest BCUT2D eigenvalue weighted by Crippen LogP contribution is 2.26. The Labute approximate surface area is 130 Å². The second-order valence-electron chi connectivity index (χ2n) is 6.91. The van der Waals surface area contributed by atoms with Crippen LogP contribution in [-0.4, -0.2) is 25.1 Å². The zero-order chi connectivity index (χ0) is 15.1. The van der Waals surface area contributed by atoms with Crippen LogP contribution in [0.2, 0.25) is 0 Å². The van der Waals surface area contributed by atoms with E-state index in [0.717, 1.165) is 19.0 Å². The van der Waals surface area contributed by atoms with Crippen molar-refractivity contribution >= 4 is 5.69 Å². The van der Waals surface area contributed by atoms with Gasteiger partial charge in [-0.15, -0.1) is 0 Å². The van der Waals surface area contributed by atoms with Gasteiger partial charge in [-0.25, -0.2) is 0 Å². The van der Waals surface area contributed by atoms with Crippen LogP contribution >= 0.6 is 0 Å². The maximum absolute atomic E-state index is 4.33. The Morgan fingerprint density at radius 2 is 2.05 bits per heavy atom. The third-order valence-electron chi connectivity index (χ3n) is 4.42. The summed E-state index contributed by atoms with van der Waals surface area (Å²) in [6.45, 7) is 7.66. The third-order valence-corrected chi connectivity index (χ3v) is 4.42. The molecule has 0 amide bonds. The number of nitrogens with zero attached hydrogens (tertiary/aromatic N) is 2. The van der Waals surface area contributed by atoms with Gasteiger partial charge in [-0.2, -0.15) is 0 Å². The van der Waals surface area contributed by atoms with E-state index in [1.54, 1.807) is 0 Å². The molecule has 0 saturated heterocycles. The predicted octanol–water partition coefficient (Wildman–Crippen LogP) is 3.84. The summed E-state index contributed by atoms with van der Waals surface area (Å²) in [6.07, 6.45) is 11.0. The Morgan fingerprint density at radius 3 is 2.76 bits per heavy atom. The van der Waals surface area contributed by atoms with Crippen molar-refractivity contribution in [1.29, 1.82) is 0 Å². The van der Waals surface area contributed by atoms with E-state index in [4.69, 9.17) is 0 Å². The first-order valence-electron chi connectivity index (χ1n) is 8.51. The zero-order valence-electron chi connectivity index (χ0n) is 13.9. The molecule has 0 bridgehead atoms. The van der Waals surface area contributed by atoms with Crippen LogP contribution < -0.4 is 10.2 Å². The van der Waals surface area contributed by atoms with Gasteiger partial charge in [0.1, 0.15) is 0 Å². The van der Waals surface area contributed by atoms with E-state index in [2.05, 4.69) is 42.2 Å². The van der Waals surface area contributed by atoms with Crippen LogP contribution in [-0.2, 0) is 6.54 Å². The molecular weight excluding hydrogens is 258 g/mol. The lowest BCUT2D eigenvalue weighted by Gasteiger charge is -2.29. The fraction of sp³-hybridized carbons (Fsp3) is 0.722. The van der Waals surface area contributed by atoms with E-state index in [0.29, 0.717) is 5.92 Å². The number of rotatable bonds is 7. The van der Waals surface area contributed by atoms with Crippen molar-refractivity contribution in [3.05, 3.63) is 24.0 Å². The molecule has 1 N–H and O–H groups in total. The topological polar surface area (TPSA) is 28.2 Å². The summed E-state index contributed by atoms with van der Waals surface area (Å²) in [4.78, 5) is 6.75. The highest BCUT2D eigenvalue weighted by molar-refractivity contribution is 5.51. The molecule has 2 rings (SSSR count). The fourth-order valence-electron chi connectivity index (χ4n) is 3.26. The minimum Gasteiger partial charge on any atom is -0.373 e. The lowest BCUT2D eigenvalue weighted by Crippen LogP contribution is -2.28. The average Bonchev–Trinajstić information content (AvgIpc) is 2.48. The van der Waals surface area contributed by atoms with Gasteiger partial charge < -0.3 is 10.2 Å². The van der Waals surface area contributed by atoms with Crippen molar-refractivity contribution in [2.45, 2.75) is 52.5 Å². The quantitative estimate of drug-likeness (QED) is 0.826. The van der Waals surface area contributed by atoms with Crippen LogP contribution in [0.5, 0.6) is 0 Å². The molecular formula is C18H31N3. The molecule has 0 spiro atoms. The molecule has 0 atom stereocenters. The monoisotopic (exact) mass is 289 g/mol. The highest BCUT2D eigenvalue weighted by atomic mass is 15.1. The number of hydrogen-bond acceptors (Lipinski definition) is 3. The van der Waals surface area contributed by atoms with Crippen molar-refractivity contribution < 1.29 is 0 Å². The molecule has 1 aliphatic carbocycles. The van der Waals surface area contributed by atoms with E-state index in [-0.39, 0.29) is 0 Å². The minimum atomic E-state index is 0.690. The summed E-state index contributed by atoms with van der Waals surface area (Å²) in [5.41, 5.74) is 2.66. The Morgan fingerprint density at radius 1 is 1.29 bits per heavy atom. The molecule has 1 aliphatic rings. The van der Waals surface area contributed by atoms with Gasteiger partial charge in [0, 0.05) is 26.3 Å². The van der Waals surface area contributed by atoms with Crippen LogP contribution in [0.1, 0.15) is 51.5 Å². The van der Waals surface area contributed by atoms with Crippen LogP contribution in [0, 0.1) is 11.8 Å². The molecule has 1 aromatic heterocycles. The molecule has 1 fully saturated rings. The fourth-order valence-corrected chi connectivity index (χ4v) is 3.26. The number of nitrogens with one attached hydrogen (secondary N) is 1. The summed E-state index contributed by atoms with van der Waals surface area (Å²) in [6, 6.07) is 2.15. The molecule has 1 saturated carbocycles. The molecule has 118 valence electrons. The molecule has 1 heterocycles. The molecule has 1 aromatic rings. The van der Waals surface area contributed by atoms with Crippen molar-refractivity contribution in [1.82, 2.24) is 10.3 Å².